The molecule has 1 aromatic rings. The van der Waals surface area contributed by atoms with Crippen molar-refractivity contribution in [3.8, 4) is 5.75 Å². The van der Waals surface area contributed by atoms with Crippen molar-refractivity contribution < 1.29 is 4.74 Å². The van der Waals surface area contributed by atoms with E-state index < -0.39 is 8.07 Å². The minimum absolute atomic E-state index is 0.674. The molecule has 1 rings (SSSR count). The van der Waals surface area contributed by atoms with Crippen molar-refractivity contribution in [1.82, 2.24) is 0 Å². The first-order valence-electron chi connectivity index (χ1n) is 5.34. The van der Waals surface area contributed by atoms with E-state index in [1.165, 1.54) is 5.56 Å². The van der Waals surface area contributed by atoms with Gasteiger partial charge in [-0.25, -0.2) is 0 Å². The maximum atomic E-state index is 5.59. The molecule has 0 aliphatic carbocycles. The van der Waals surface area contributed by atoms with E-state index in [1.54, 1.807) is 0 Å². The third-order valence-corrected chi connectivity index (χ3v) is 3.22. The number of hydrogen-bond acceptors (Lipinski definition) is 1. The van der Waals surface area contributed by atoms with E-state index in [0.29, 0.717) is 6.61 Å². The summed E-state index contributed by atoms with van der Waals surface area (Å²) >= 11 is 0. The second-order valence-corrected chi connectivity index (χ2v) is 9.96. The number of hydrogen-bond donors (Lipinski definition) is 0. The molecule has 1 aromatic carbocycles. The Hall–Kier alpha value is -1.02. The second kappa shape index (κ2) is 5.17. The maximum absolute atomic E-state index is 5.59. The normalized spacial score (nSPS) is 12.0. The number of ether oxygens (including phenoxy) is 1. The fourth-order valence-electron chi connectivity index (χ4n) is 1.18. The fourth-order valence-corrected chi connectivity index (χ4v) is 1.98. The first kappa shape index (κ1) is 12.0. The van der Waals surface area contributed by atoms with E-state index in [9.17, 15) is 0 Å². The molecule has 0 fully saturated rings. The van der Waals surface area contributed by atoms with Gasteiger partial charge in [-0.3, -0.25) is 0 Å². The lowest BCUT2D eigenvalue weighted by molar-refractivity contribution is 0.363. The van der Waals surface area contributed by atoms with Crippen LogP contribution in [0.3, 0.4) is 0 Å². The first-order valence-corrected chi connectivity index (χ1v) is 8.92. The molecule has 0 heterocycles. The molecule has 0 unspecified atom stereocenters. The third-order valence-electron chi connectivity index (χ3n) is 1.99. The van der Waals surface area contributed by atoms with Gasteiger partial charge in [-0.15, -0.1) is 0 Å². The van der Waals surface area contributed by atoms with Crippen LogP contribution in [-0.4, -0.2) is 14.7 Å². The van der Waals surface area contributed by atoms with Crippen molar-refractivity contribution in [1.29, 1.82) is 0 Å². The molecule has 0 amide bonds. The highest BCUT2D eigenvalue weighted by Crippen LogP contribution is 2.11. The van der Waals surface area contributed by atoms with Crippen LogP contribution in [0.15, 0.2) is 36.0 Å². The van der Waals surface area contributed by atoms with Crippen LogP contribution in [0.1, 0.15) is 5.56 Å². The van der Waals surface area contributed by atoms with Crippen LogP contribution in [0, 0.1) is 6.92 Å². The zero-order valence-electron chi connectivity index (χ0n) is 10.1. The van der Waals surface area contributed by atoms with E-state index in [-0.39, 0.29) is 0 Å². The highest BCUT2D eigenvalue weighted by atomic mass is 28.3. The summed E-state index contributed by atoms with van der Waals surface area (Å²) in [5.74, 6) is 0.945. The molecule has 0 spiro atoms. The summed E-state index contributed by atoms with van der Waals surface area (Å²) in [5, 5.41) is 0. The largest absolute Gasteiger partial charge is 0.490 e. The molecular weight excluding hydrogens is 200 g/mol. The fraction of sp³-hybridized carbons (Fsp3) is 0.385. The topological polar surface area (TPSA) is 9.23 Å². The average Bonchev–Trinajstić information content (AvgIpc) is 2.14. The lowest BCUT2D eigenvalue weighted by Crippen LogP contribution is -2.15. The van der Waals surface area contributed by atoms with E-state index in [0.717, 1.165) is 5.75 Å². The summed E-state index contributed by atoms with van der Waals surface area (Å²) in [4.78, 5) is 0. The van der Waals surface area contributed by atoms with Crippen LogP contribution in [0.25, 0.3) is 0 Å². The van der Waals surface area contributed by atoms with Crippen LogP contribution in [-0.2, 0) is 0 Å². The zero-order valence-corrected chi connectivity index (χ0v) is 11.1. The van der Waals surface area contributed by atoms with Gasteiger partial charge in [-0.1, -0.05) is 49.1 Å². The van der Waals surface area contributed by atoms with Crippen LogP contribution in [0.2, 0.25) is 19.6 Å². The molecule has 0 saturated heterocycles. The van der Waals surface area contributed by atoms with Crippen molar-refractivity contribution >= 4 is 8.07 Å². The predicted octanol–water partition coefficient (Wildman–Crippen LogP) is 3.81. The van der Waals surface area contributed by atoms with Gasteiger partial charge in [0.05, 0.1) is 8.07 Å². The molecule has 1 nitrogen and oxygen atoms in total. The summed E-state index contributed by atoms with van der Waals surface area (Å²) in [6, 6.07) is 8.16. The average molecular weight is 220 g/mol. The van der Waals surface area contributed by atoms with Crippen molar-refractivity contribution in [2.45, 2.75) is 26.6 Å². The molecule has 0 aromatic heterocycles. The van der Waals surface area contributed by atoms with Gasteiger partial charge in [0.2, 0.25) is 0 Å². The molecule has 0 N–H and O–H groups in total. The molecule has 0 saturated carbocycles. The highest BCUT2D eigenvalue weighted by molar-refractivity contribution is 6.80. The van der Waals surface area contributed by atoms with Crippen LogP contribution < -0.4 is 4.74 Å². The van der Waals surface area contributed by atoms with Gasteiger partial charge in [0, 0.05) is 0 Å². The zero-order chi connectivity index (χ0) is 11.3. The monoisotopic (exact) mass is 220 g/mol. The van der Waals surface area contributed by atoms with Crippen molar-refractivity contribution in [2.24, 2.45) is 0 Å². The summed E-state index contributed by atoms with van der Waals surface area (Å²) in [5.41, 5.74) is 3.57. The standard InChI is InChI=1S/C13H20OSi/c1-12-6-8-13(9-7-12)14-10-5-11-15(2,3)4/h5-9,11H,10H2,1-4H3/b11-5+. The van der Waals surface area contributed by atoms with Gasteiger partial charge in [0.1, 0.15) is 12.4 Å². The maximum Gasteiger partial charge on any atom is 0.119 e. The van der Waals surface area contributed by atoms with Crippen molar-refractivity contribution in [2.75, 3.05) is 6.61 Å². The van der Waals surface area contributed by atoms with E-state index in [1.807, 2.05) is 12.1 Å². The highest BCUT2D eigenvalue weighted by Gasteiger charge is 2.05. The van der Waals surface area contributed by atoms with Crippen LogP contribution >= 0.6 is 0 Å². The smallest absolute Gasteiger partial charge is 0.119 e. The van der Waals surface area contributed by atoms with E-state index >= 15 is 0 Å². The van der Waals surface area contributed by atoms with Crippen molar-refractivity contribution in [3.05, 3.63) is 41.6 Å². The summed E-state index contributed by atoms with van der Waals surface area (Å²) in [6.45, 7) is 9.70. The molecule has 15 heavy (non-hydrogen) atoms. The molecule has 0 atom stereocenters. The lowest BCUT2D eigenvalue weighted by atomic mass is 10.2. The Kier molecular flexibility index (Phi) is 4.15. The lowest BCUT2D eigenvalue weighted by Gasteiger charge is -2.08. The SMILES string of the molecule is Cc1ccc(OC/C=C/[Si](C)(C)C)cc1. The van der Waals surface area contributed by atoms with Gasteiger partial charge in [-0.2, -0.15) is 0 Å². The Morgan fingerprint density at radius 3 is 2.27 bits per heavy atom. The first-order chi connectivity index (χ1) is 6.97. The molecule has 0 radical (unpaired) electrons. The molecule has 0 bridgehead atoms. The summed E-state index contributed by atoms with van der Waals surface area (Å²) < 4.78 is 5.59. The van der Waals surface area contributed by atoms with Gasteiger partial charge in [0.25, 0.3) is 0 Å². The van der Waals surface area contributed by atoms with Crippen LogP contribution in [0.5, 0.6) is 5.75 Å². The molecule has 0 aliphatic rings. The van der Waals surface area contributed by atoms with Gasteiger partial charge in [0.15, 0.2) is 0 Å². The Labute approximate surface area is 93.8 Å². The number of benzene rings is 1. The predicted molar refractivity (Wildman–Crippen MR) is 69.2 cm³/mol. The molecular formula is C13H20OSi. The minimum Gasteiger partial charge on any atom is -0.490 e. The second-order valence-electron chi connectivity index (χ2n) is 4.89. The third kappa shape index (κ3) is 5.43. The Morgan fingerprint density at radius 1 is 1.13 bits per heavy atom. The number of rotatable bonds is 4. The minimum atomic E-state index is -1.06. The van der Waals surface area contributed by atoms with Crippen molar-refractivity contribution in [3.63, 3.8) is 0 Å². The van der Waals surface area contributed by atoms with Gasteiger partial charge >= 0.3 is 0 Å². The summed E-state index contributed by atoms with van der Waals surface area (Å²) in [7, 11) is -1.06. The van der Waals surface area contributed by atoms with E-state index in [4.69, 9.17) is 4.74 Å². The van der Waals surface area contributed by atoms with Gasteiger partial charge < -0.3 is 4.74 Å². The Morgan fingerprint density at radius 2 is 1.73 bits per heavy atom. The van der Waals surface area contributed by atoms with Crippen LogP contribution in [0.4, 0.5) is 0 Å². The molecule has 0 aliphatic heterocycles. The molecule has 2 heteroatoms. The summed E-state index contributed by atoms with van der Waals surface area (Å²) in [6.07, 6.45) is 2.13. The Balaban J connectivity index is 2.38. The van der Waals surface area contributed by atoms with Gasteiger partial charge in [-0.05, 0) is 19.1 Å². The van der Waals surface area contributed by atoms with E-state index in [2.05, 4.69) is 50.5 Å². The molecule has 82 valence electrons. The number of aryl methyl sites for hydroxylation is 1. The quantitative estimate of drug-likeness (QED) is 0.701. The Bertz CT molecular complexity index is 319.